The van der Waals surface area contributed by atoms with Crippen molar-refractivity contribution in [3.05, 3.63) is 27.7 Å². The number of amides is 1. The van der Waals surface area contributed by atoms with E-state index in [-0.39, 0.29) is 11.9 Å². The number of thioether (sulfide) groups is 1. The fraction of sp³-hybridized carbons (Fsp3) is 0.462. The third-order valence-electron chi connectivity index (χ3n) is 3.05. The third kappa shape index (κ3) is 4.20. The molecular weight excluding hydrogens is 303 g/mol. The summed E-state index contributed by atoms with van der Waals surface area (Å²) in [7, 11) is 1.78. The summed E-state index contributed by atoms with van der Waals surface area (Å²) in [6.45, 7) is 2.02. The summed E-state index contributed by atoms with van der Waals surface area (Å²) in [4.78, 5) is 14.0. The van der Waals surface area contributed by atoms with Crippen molar-refractivity contribution in [2.45, 2.75) is 19.4 Å². The molecule has 1 aromatic rings. The van der Waals surface area contributed by atoms with Gasteiger partial charge in [-0.1, -0.05) is 23.2 Å². The van der Waals surface area contributed by atoms with E-state index >= 15 is 0 Å². The van der Waals surface area contributed by atoms with E-state index in [4.69, 9.17) is 28.9 Å². The second-order valence-electron chi connectivity index (χ2n) is 4.40. The lowest BCUT2D eigenvalue weighted by Crippen LogP contribution is -2.35. The van der Waals surface area contributed by atoms with Crippen molar-refractivity contribution >= 4 is 46.6 Å². The lowest BCUT2D eigenvalue weighted by Gasteiger charge is -2.25. The Labute approximate surface area is 128 Å². The van der Waals surface area contributed by atoms with E-state index in [1.807, 2.05) is 13.2 Å². The van der Waals surface area contributed by atoms with E-state index in [2.05, 4.69) is 0 Å². The first-order valence-corrected chi connectivity index (χ1v) is 8.04. The summed E-state index contributed by atoms with van der Waals surface area (Å²) in [6.07, 6.45) is 2.99. The second kappa shape index (κ2) is 7.27. The number of halogens is 2. The van der Waals surface area contributed by atoms with Gasteiger partial charge in [0.2, 0.25) is 0 Å². The zero-order valence-electron chi connectivity index (χ0n) is 11.2. The molecule has 6 heteroatoms. The molecule has 1 unspecified atom stereocenters. The lowest BCUT2D eigenvalue weighted by molar-refractivity contribution is 0.0741. The van der Waals surface area contributed by atoms with Crippen LogP contribution in [-0.2, 0) is 0 Å². The second-order valence-corrected chi connectivity index (χ2v) is 6.20. The van der Waals surface area contributed by atoms with Gasteiger partial charge in [0.25, 0.3) is 5.91 Å². The number of rotatable bonds is 5. The van der Waals surface area contributed by atoms with E-state index in [9.17, 15) is 4.79 Å². The smallest absolute Gasteiger partial charge is 0.253 e. The molecule has 1 atom stereocenters. The molecule has 0 saturated carbocycles. The Morgan fingerprint density at radius 2 is 1.95 bits per heavy atom. The van der Waals surface area contributed by atoms with Crippen LogP contribution in [0.5, 0.6) is 0 Å². The summed E-state index contributed by atoms with van der Waals surface area (Å²) in [5.74, 6) is 0.916. The standard InChI is InChI=1S/C13H18Cl2N2OS/c1-8(4-5-19-3)17(2)13(18)9-6-10(14)12(16)11(15)7-9/h6-8H,4-5,16H2,1-3H3. The molecule has 19 heavy (non-hydrogen) atoms. The summed E-state index contributed by atoms with van der Waals surface area (Å²) in [5.41, 5.74) is 6.43. The van der Waals surface area contributed by atoms with E-state index in [1.165, 1.54) is 0 Å². The van der Waals surface area contributed by atoms with Crippen molar-refractivity contribution in [3.8, 4) is 0 Å². The minimum Gasteiger partial charge on any atom is -0.396 e. The van der Waals surface area contributed by atoms with E-state index in [0.717, 1.165) is 12.2 Å². The maximum absolute atomic E-state index is 12.3. The van der Waals surface area contributed by atoms with Gasteiger partial charge < -0.3 is 10.6 Å². The molecule has 0 bridgehead atoms. The first-order valence-electron chi connectivity index (χ1n) is 5.89. The molecule has 0 aliphatic rings. The van der Waals surface area contributed by atoms with Gasteiger partial charge >= 0.3 is 0 Å². The summed E-state index contributed by atoms with van der Waals surface area (Å²) >= 11 is 13.7. The largest absolute Gasteiger partial charge is 0.396 e. The van der Waals surface area contributed by atoms with E-state index in [0.29, 0.717) is 21.3 Å². The molecule has 0 fully saturated rings. The van der Waals surface area contributed by atoms with Crippen molar-refractivity contribution in [2.75, 3.05) is 24.8 Å². The van der Waals surface area contributed by atoms with Crippen molar-refractivity contribution < 1.29 is 4.79 Å². The number of nitrogens with two attached hydrogens (primary N) is 1. The van der Waals surface area contributed by atoms with Crippen molar-refractivity contribution in [3.63, 3.8) is 0 Å². The van der Waals surface area contributed by atoms with Crippen LogP contribution in [0.3, 0.4) is 0 Å². The van der Waals surface area contributed by atoms with Gasteiger partial charge in [0, 0.05) is 18.7 Å². The summed E-state index contributed by atoms with van der Waals surface area (Å²) in [5, 5.41) is 0.613. The molecule has 1 aromatic carbocycles. The van der Waals surface area contributed by atoms with Crippen LogP contribution in [0.15, 0.2) is 12.1 Å². The number of carbonyl (C=O) groups is 1. The highest BCUT2D eigenvalue weighted by Gasteiger charge is 2.19. The highest BCUT2D eigenvalue weighted by Crippen LogP contribution is 2.29. The molecule has 0 heterocycles. The molecule has 0 radical (unpaired) electrons. The van der Waals surface area contributed by atoms with E-state index in [1.54, 1.807) is 35.8 Å². The quantitative estimate of drug-likeness (QED) is 0.839. The first kappa shape index (κ1) is 16.5. The van der Waals surface area contributed by atoms with Gasteiger partial charge in [-0.3, -0.25) is 4.79 Å². The van der Waals surface area contributed by atoms with Gasteiger partial charge in [0.05, 0.1) is 15.7 Å². The number of nitrogen functional groups attached to an aromatic ring is 1. The fourth-order valence-electron chi connectivity index (χ4n) is 1.59. The topological polar surface area (TPSA) is 46.3 Å². The van der Waals surface area contributed by atoms with Crippen LogP contribution < -0.4 is 5.73 Å². The normalized spacial score (nSPS) is 12.3. The number of anilines is 1. The fourth-order valence-corrected chi connectivity index (χ4v) is 2.66. The van der Waals surface area contributed by atoms with Crippen molar-refractivity contribution in [2.24, 2.45) is 0 Å². The minimum absolute atomic E-state index is 0.0996. The summed E-state index contributed by atoms with van der Waals surface area (Å²) < 4.78 is 0. The minimum atomic E-state index is -0.0996. The van der Waals surface area contributed by atoms with Crippen LogP contribution in [0.25, 0.3) is 0 Å². The predicted molar refractivity (Wildman–Crippen MR) is 85.4 cm³/mol. The van der Waals surface area contributed by atoms with Gasteiger partial charge in [-0.05, 0) is 37.5 Å². The first-order chi connectivity index (χ1) is 8.88. The van der Waals surface area contributed by atoms with Crippen LogP contribution in [-0.4, -0.2) is 35.9 Å². The predicted octanol–water partition coefficient (Wildman–Crippen LogP) is 3.79. The molecule has 1 rings (SSSR count). The Morgan fingerprint density at radius 1 is 1.42 bits per heavy atom. The Kier molecular flexibility index (Phi) is 6.30. The molecular formula is C13H18Cl2N2OS. The van der Waals surface area contributed by atoms with Gasteiger partial charge in [-0.15, -0.1) is 0 Å². The third-order valence-corrected chi connectivity index (χ3v) is 4.32. The van der Waals surface area contributed by atoms with Crippen molar-refractivity contribution in [1.29, 1.82) is 0 Å². The average Bonchev–Trinajstić information content (AvgIpc) is 2.39. The lowest BCUT2D eigenvalue weighted by atomic mass is 10.1. The molecule has 0 saturated heterocycles. The van der Waals surface area contributed by atoms with Gasteiger partial charge in [0.15, 0.2) is 0 Å². The molecule has 0 aromatic heterocycles. The Balaban J connectivity index is 2.88. The highest BCUT2D eigenvalue weighted by molar-refractivity contribution is 7.98. The highest BCUT2D eigenvalue weighted by atomic mass is 35.5. The van der Waals surface area contributed by atoms with Crippen LogP contribution in [0.4, 0.5) is 5.69 Å². The van der Waals surface area contributed by atoms with Crippen LogP contribution in [0.2, 0.25) is 10.0 Å². The van der Waals surface area contributed by atoms with Crippen LogP contribution >= 0.6 is 35.0 Å². The zero-order valence-corrected chi connectivity index (χ0v) is 13.6. The number of carbonyl (C=O) groups excluding carboxylic acids is 1. The molecule has 0 spiro atoms. The van der Waals surface area contributed by atoms with Gasteiger partial charge in [-0.25, -0.2) is 0 Å². The van der Waals surface area contributed by atoms with Gasteiger partial charge in [0.1, 0.15) is 0 Å². The SMILES string of the molecule is CSCCC(C)N(C)C(=O)c1cc(Cl)c(N)c(Cl)c1. The molecule has 0 aliphatic carbocycles. The summed E-state index contributed by atoms with van der Waals surface area (Å²) in [6, 6.07) is 3.28. The Bertz CT molecular complexity index is 445. The van der Waals surface area contributed by atoms with Crippen LogP contribution in [0.1, 0.15) is 23.7 Å². The number of nitrogens with zero attached hydrogens (tertiary/aromatic N) is 1. The van der Waals surface area contributed by atoms with Crippen LogP contribution in [0, 0.1) is 0 Å². The zero-order chi connectivity index (χ0) is 14.6. The average molecular weight is 321 g/mol. The number of benzene rings is 1. The Morgan fingerprint density at radius 3 is 2.42 bits per heavy atom. The maximum Gasteiger partial charge on any atom is 0.253 e. The Hall–Kier alpha value is -0.580. The van der Waals surface area contributed by atoms with Crippen molar-refractivity contribution in [1.82, 2.24) is 4.90 Å². The molecule has 2 N–H and O–H groups in total. The van der Waals surface area contributed by atoms with Gasteiger partial charge in [-0.2, -0.15) is 11.8 Å². The maximum atomic E-state index is 12.3. The molecule has 0 aliphatic heterocycles. The number of hydrogen-bond acceptors (Lipinski definition) is 3. The molecule has 1 amide bonds. The monoisotopic (exact) mass is 320 g/mol. The number of hydrogen-bond donors (Lipinski definition) is 1. The molecule has 106 valence electrons. The molecule has 3 nitrogen and oxygen atoms in total. The van der Waals surface area contributed by atoms with E-state index < -0.39 is 0 Å².